The van der Waals surface area contributed by atoms with Crippen LogP contribution in [0.4, 0.5) is 4.39 Å². The fourth-order valence-corrected chi connectivity index (χ4v) is 3.36. The van der Waals surface area contributed by atoms with E-state index in [2.05, 4.69) is 5.32 Å². The summed E-state index contributed by atoms with van der Waals surface area (Å²) in [6, 6.07) is 16.4. The Kier molecular flexibility index (Phi) is 4.24. The third-order valence-electron chi connectivity index (χ3n) is 4.69. The number of aromatic nitrogens is 1. The van der Waals surface area contributed by atoms with Crippen molar-refractivity contribution in [3.63, 3.8) is 0 Å². The number of halogens is 1. The van der Waals surface area contributed by atoms with Crippen molar-refractivity contribution in [1.29, 1.82) is 0 Å². The second-order valence-electron chi connectivity index (χ2n) is 6.34. The molecule has 5 heteroatoms. The summed E-state index contributed by atoms with van der Waals surface area (Å²) >= 11 is 0. The summed E-state index contributed by atoms with van der Waals surface area (Å²) in [4.78, 5) is 14.9. The molecule has 1 N–H and O–H groups in total. The minimum atomic E-state index is -0.252. The Hall–Kier alpha value is -2.66. The van der Waals surface area contributed by atoms with Gasteiger partial charge in [-0.3, -0.25) is 4.79 Å². The molecule has 1 aromatic heterocycles. The number of nitrogens with one attached hydrogen (secondary N) is 1. The van der Waals surface area contributed by atoms with Gasteiger partial charge in [-0.25, -0.2) is 4.39 Å². The van der Waals surface area contributed by atoms with Gasteiger partial charge in [0.25, 0.3) is 5.91 Å². The number of carbonyl (C=O) groups excluding carboxylic acids is 1. The molecule has 128 valence electrons. The predicted octanol–water partition coefficient (Wildman–Crippen LogP) is 2.87. The maximum Gasteiger partial charge on any atom is 0.270 e. The Labute approximate surface area is 145 Å². The third kappa shape index (κ3) is 3.15. The molecule has 0 unspecified atom stereocenters. The number of piperazine rings is 1. The molecule has 1 amide bonds. The van der Waals surface area contributed by atoms with Crippen LogP contribution < -0.4 is 5.32 Å². The van der Waals surface area contributed by atoms with Gasteiger partial charge in [0, 0.05) is 43.6 Å². The molecule has 4 rings (SSSR count). The van der Waals surface area contributed by atoms with Crippen LogP contribution in [-0.2, 0) is 6.54 Å². The Bertz CT molecular complexity index is 895. The lowest BCUT2D eigenvalue weighted by Crippen LogP contribution is -2.46. The first-order valence-electron chi connectivity index (χ1n) is 8.55. The molecular formula is C20H20FN3O. The number of nitrogens with zero attached hydrogens (tertiary/aromatic N) is 2. The van der Waals surface area contributed by atoms with E-state index in [4.69, 9.17) is 0 Å². The summed E-state index contributed by atoms with van der Waals surface area (Å²) in [5.41, 5.74) is 2.68. The average Bonchev–Trinajstić information content (AvgIpc) is 3.02. The maximum atomic E-state index is 13.2. The number of benzene rings is 2. The molecule has 2 aromatic carbocycles. The second kappa shape index (κ2) is 6.69. The maximum absolute atomic E-state index is 13.2. The number of rotatable bonds is 3. The van der Waals surface area contributed by atoms with Crippen LogP contribution in [0.2, 0.25) is 0 Å². The lowest BCUT2D eigenvalue weighted by molar-refractivity contribution is 0.0726. The van der Waals surface area contributed by atoms with Crippen LogP contribution in [0, 0.1) is 5.82 Å². The normalized spacial score (nSPS) is 14.8. The monoisotopic (exact) mass is 337 g/mol. The number of para-hydroxylation sites is 1. The first-order chi connectivity index (χ1) is 12.2. The standard InChI is InChI=1S/C20H20FN3O/c21-17-7-5-15(6-8-17)14-24-18-4-2-1-3-16(18)13-19(24)20(25)23-11-9-22-10-12-23/h1-8,13,22H,9-12,14H2. The van der Waals surface area contributed by atoms with Crippen molar-refractivity contribution in [3.8, 4) is 0 Å². The molecule has 0 spiro atoms. The first-order valence-corrected chi connectivity index (χ1v) is 8.55. The fourth-order valence-electron chi connectivity index (χ4n) is 3.36. The average molecular weight is 337 g/mol. The largest absolute Gasteiger partial charge is 0.335 e. The van der Waals surface area contributed by atoms with Gasteiger partial charge in [0.05, 0.1) is 0 Å². The van der Waals surface area contributed by atoms with Gasteiger partial charge in [-0.2, -0.15) is 0 Å². The van der Waals surface area contributed by atoms with E-state index in [0.717, 1.165) is 42.6 Å². The highest BCUT2D eigenvalue weighted by Gasteiger charge is 2.22. The molecule has 0 saturated carbocycles. The van der Waals surface area contributed by atoms with Crippen LogP contribution in [0.25, 0.3) is 10.9 Å². The lowest BCUT2D eigenvalue weighted by atomic mass is 10.2. The van der Waals surface area contributed by atoms with Gasteiger partial charge >= 0.3 is 0 Å². The van der Waals surface area contributed by atoms with Crippen molar-refractivity contribution in [3.05, 3.63) is 71.7 Å². The molecule has 3 aromatic rings. The minimum absolute atomic E-state index is 0.0554. The molecule has 4 nitrogen and oxygen atoms in total. The van der Waals surface area contributed by atoms with Gasteiger partial charge in [0.2, 0.25) is 0 Å². The summed E-state index contributed by atoms with van der Waals surface area (Å²) in [5, 5.41) is 4.32. The van der Waals surface area contributed by atoms with Gasteiger partial charge in [-0.15, -0.1) is 0 Å². The highest BCUT2D eigenvalue weighted by molar-refractivity contribution is 5.99. The summed E-state index contributed by atoms with van der Waals surface area (Å²) in [6.07, 6.45) is 0. The zero-order valence-electron chi connectivity index (χ0n) is 13.9. The van der Waals surface area contributed by atoms with E-state index in [9.17, 15) is 9.18 Å². The molecule has 1 aliphatic heterocycles. The highest BCUT2D eigenvalue weighted by atomic mass is 19.1. The third-order valence-corrected chi connectivity index (χ3v) is 4.69. The number of amides is 1. The number of carbonyl (C=O) groups is 1. The number of fused-ring (bicyclic) bond motifs is 1. The summed E-state index contributed by atoms with van der Waals surface area (Å²) < 4.78 is 15.2. The van der Waals surface area contributed by atoms with Crippen molar-refractivity contribution in [2.45, 2.75) is 6.54 Å². The summed E-state index contributed by atoms with van der Waals surface area (Å²) in [7, 11) is 0. The summed E-state index contributed by atoms with van der Waals surface area (Å²) in [5.74, 6) is -0.196. The molecule has 1 saturated heterocycles. The quantitative estimate of drug-likeness (QED) is 0.798. The zero-order valence-corrected chi connectivity index (χ0v) is 13.9. The van der Waals surface area contributed by atoms with E-state index in [-0.39, 0.29) is 11.7 Å². The molecule has 2 heterocycles. The van der Waals surface area contributed by atoms with Gasteiger partial charge < -0.3 is 14.8 Å². The van der Waals surface area contributed by atoms with Gasteiger partial charge in [-0.1, -0.05) is 30.3 Å². The molecule has 1 aliphatic rings. The Balaban J connectivity index is 1.75. The van der Waals surface area contributed by atoms with E-state index in [0.29, 0.717) is 12.2 Å². The van der Waals surface area contributed by atoms with Gasteiger partial charge in [-0.05, 0) is 29.8 Å². The van der Waals surface area contributed by atoms with Crippen LogP contribution in [0.3, 0.4) is 0 Å². The van der Waals surface area contributed by atoms with Crippen molar-refractivity contribution in [1.82, 2.24) is 14.8 Å². The Morgan fingerprint density at radius 3 is 2.52 bits per heavy atom. The molecule has 25 heavy (non-hydrogen) atoms. The first kappa shape index (κ1) is 15.8. The smallest absolute Gasteiger partial charge is 0.270 e. The van der Waals surface area contributed by atoms with Gasteiger partial charge in [0.1, 0.15) is 11.5 Å². The van der Waals surface area contributed by atoms with E-state index >= 15 is 0 Å². The zero-order chi connectivity index (χ0) is 17.2. The van der Waals surface area contributed by atoms with E-state index < -0.39 is 0 Å². The second-order valence-corrected chi connectivity index (χ2v) is 6.34. The van der Waals surface area contributed by atoms with Crippen LogP contribution in [0.1, 0.15) is 16.1 Å². The summed E-state index contributed by atoms with van der Waals surface area (Å²) in [6.45, 7) is 3.63. The topological polar surface area (TPSA) is 37.3 Å². The molecular weight excluding hydrogens is 317 g/mol. The number of hydrogen-bond donors (Lipinski definition) is 1. The molecule has 0 atom stereocenters. The van der Waals surface area contributed by atoms with E-state index in [1.165, 1.54) is 12.1 Å². The van der Waals surface area contributed by atoms with Crippen molar-refractivity contribution in [2.75, 3.05) is 26.2 Å². The van der Waals surface area contributed by atoms with E-state index in [1.54, 1.807) is 12.1 Å². The predicted molar refractivity (Wildman–Crippen MR) is 96.2 cm³/mol. The van der Waals surface area contributed by atoms with Crippen LogP contribution in [0.15, 0.2) is 54.6 Å². The molecule has 0 radical (unpaired) electrons. The Morgan fingerprint density at radius 1 is 1.04 bits per heavy atom. The molecule has 0 bridgehead atoms. The fraction of sp³-hybridized carbons (Fsp3) is 0.250. The SMILES string of the molecule is O=C(c1cc2ccccc2n1Cc1ccc(F)cc1)N1CCNCC1. The van der Waals surface area contributed by atoms with Crippen LogP contribution in [0.5, 0.6) is 0 Å². The minimum Gasteiger partial charge on any atom is -0.335 e. The molecule has 0 aliphatic carbocycles. The molecule has 1 fully saturated rings. The number of hydrogen-bond acceptors (Lipinski definition) is 2. The Morgan fingerprint density at radius 2 is 1.76 bits per heavy atom. The lowest BCUT2D eigenvalue weighted by Gasteiger charge is -2.27. The van der Waals surface area contributed by atoms with Crippen LogP contribution >= 0.6 is 0 Å². The van der Waals surface area contributed by atoms with Crippen LogP contribution in [-0.4, -0.2) is 41.6 Å². The van der Waals surface area contributed by atoms with Crippen molar-refractivity contribution in [2.24, 2.45) is 0 Å². The van der Waals surface area contributed by atoms with Gasteiger partial charge in [0.15, 0.2) is 0 Å². The van der Waals surface area contributed by atoms with Crippen molar-refractivity contribution < 1.29 is 9.18 Å². The van der Waals surface area contributed by atoms with Crippen molar-refractivity contribution >= 4 is 16.8 Å². The van der Waals surface area contributed by atoms with E-state index in [1.807, 2.05) is 39.8 Å². The highest BCUT2D eigenvalue weighted by Crippen LogP contribution is 2.23.